The van der Waals surface area contributed by atoms with Crippen LogP contribution in [0.3, 0.4) is 0 Å². The lowest BCUT2D eigenvalue weighted by atomic mass is 10.0. The number of anilines is 3. The molecule has 44 heavy (non-hydrogen) atoms. The van der Waals surface area contributed by atoms with Crippen molar-refractivity contribution in [2.24, 2.45) is 12.0 Å². The lowest BCUT2D eigenvalue weighted by Gasteiger charge is -2.29. The lowest BCUT2D eigenvalue weighted by molar-refractivity contribution is -0.111. The SMILES string of the molecule is C=CC(=O)Nc1cc(NC2=NC3C=CSC3=C(c3cn(C)c4cc(CCC)ccc34)N2)c(OC)c(C)c1N(C)CCN(C)C. The molecule has 232 valence electrons. The van der Waals surface area contributed by atoms with Gasteiger partial charge in [-0.2, -0.15) is 0 Å². The third kappa shape index (κ3) is 6.23. The molecule has 2 aliphatic heterocycles. The fourth-order valence-corrected chi connectivity index (χ4v) is 6.77. The van der Waals surface area contributed by atoms with Crippen molar-refractivity contribution in [2.45, 2.75) is 32.7 Å². The van der Waals surface area contributed by atoms with Crippen LogP contribution in [0.2, 0.25) is 0 Å². The van der Waals surface area contributed by atoms with Gasteiger partial charge in [-0.3, -0.25) is 4.79 Å². The molecule has 0 spiro atoms. The zero-order valence-corrected chi connectivity index (χ0v) is 27.6. The quantitative estimate of drug-likeness (QED) is 0.231. The Bertz CT molecular complexity index is 1680. The fraction of sp³-hybridized carbons (Fsp3) is 0.353. The summed E-state index contributed by atoms with van der Waals surface area (Å²) in [5, 5.41) is 13.4. The number of rotatable bonds is 11. The predicted octanol–water partition coefficient (Wildman–Crippen LogP) is 5.94. The Kier molecular flexibility index (Phi) is 9.41. The van der Waals surface area contributed by atoms with Gasteiger partial charge < -0.3 is 35.1 Å². The smallest absolute Gasteiger partial charge is 0.247 e. The van der Waals surface area contributed by atoms with Crippen LogP contribution in [0.15, 0.2) is 64.5 Å². The van der Waals surface area contributed by atoms with E-state index in [9.17, 15) is 4.79 Å². The van der Waals surface area contributed by atoms with Crippen molar-refractivity contribution < 1.29 is 9.53 Å². The van der Waals surface area contributed by atoms with E-state index < -0.39 is 0 Å². The monoisotopic (exact) mass is 613 g/mol. The summed E-state index contributed by atoms with van der Waals surface area (Å²) in [4.78, 5) is 23.0. The van der Waals surface area contributed by atoms with Crippen molar-refractivity contribution in [1.29, 1.82) is 0 Å². The van der Waals surface area contributed by atoms with Crippen LogP contribution >= 0.6 is 11.8 Å². The third-order valence-corrected chi connectivity index (χ3v) is 8.99. The number of methoxy groups -OCH3 is 1. The summed E-state index contributed by atoms with van der Waals surface area (Å²) in [7, 11) is 9.87. The van der Waals surface area contributed by atoms with E-state index in [0.717, 1.165) is 48.4 Å². The first-order valence-electron chi connectivity index (χ1n) is 14.9. The molecule has 0 fully saturated rings. The van der Waals surface area contributed by atoms with E-state index in [4.69, 9.17) is 9.73 Å². The molecule has 1 unspecified atom stereocenters. The van der Waals surface area contributed by atoms with Gasteiger partial charge in [0, 0.05) is 60.3 Å². The Labute approximate surface area is 264 Å². The standard InChI is InChI=1S/C34H43N7O2S/c1-9-11-22-12-13-23-24(20-41(7)28(23)18-22)30-33-25(14-17-44-33)36-34(38-30)37-27-19-26(35-29(42)10-2)31(21(3)32(27)43-8)40(6)16-15-39(4)5/h10,12-14,17-20,25H,2,9,11,15-16H2,1,3-8H3,(H,35,42)(H2,36,37,38). The van der Waals surface area contributed by atoms with Crippen LogP contribution in [0.1, 0.15) is 30.0 Å². The minimum Gasteiger partial charge on any atom is -0.494 e. The molecule has 0 radical (unpaired) electrons. The van der Waals surface area contributed by atoms with E-state index in [2.05, 4.69) is 86.7 Å². The van der Waals surface area contributed by atoms with Gasteiger partial charge in [-0.05, 0) is 62.7 Å². The number of ether oxygens (including phenoxy) is 1. The van der Waals surface area contributed by atoms with Crippen LogP contribution in [0.5, 0.6) is 5.75 Å². The number of amides is 1. The maximum Gasteiger partial charge on any atom is 0.247 e. The molecular formula is C34H43N7O2S. The number of hydrogen-bond donors (Lipinski definition) is 3. The molecule has 3 heterocycles. The molecule has 5 rings (SSSR count). The summed E-state index contributed by atoms with van der Waals surface area (Å²) in [6.45, 7) is 9.49. The summed E-state index contributed by atoms with van der Waals surface area (Å²) in [5.74, 6) is 1.00. The van der Waals surface area contributed by atoms with E-state index in [0.29, 0.717) is 23.1 Å². The van der Waals surface area contributed by atoms with Gasteiger partial charge in [0.1, 0.15) is 11.8 Å². The first kappa shape index (κ1) is 31.3. The van der Waals surface area contributed by atoms with Crippen LogP contribution in [0.4, 0.5) is 17.1 Å². The number of guanidine groups is 1. The number of thioether (sulfide) groups is 1. The number of nitrogens with zero attached hydrogens (tertiary/aromatic N) is 4. The van der Waals surface area contributed by atoms with Crippen molar-refractivity contribution in [1.82, 2.24) is 14.8 Å². The number of carbonyl (C=O) groups excluding carboxylic acids is 1. The Morgan fingerprint density at radius 1 is 1.23 bits per heavy atom. The van der Waals surface area contributed by atoms with E-state index in [1.165, 1.54) is 27.4 Å². The number of nitrogens with one attached hydrogen (secondary N) is 3. The molecule has 3 N–H and O–H groups in total. The Hall–Kier alpha value is -4.15. The number of aryl methyl sites for hydroxylation is 2. The predicted molar refractivity (Wildman–Crippen MR) is 187 cm³/mol. The van der Waals surface area contributed by atoms with Crippen LogP contribution in [-0.4, -0.2) is 68.7 Å². The van der Waals surface area contributed by atoms with Crippen LogP contribution in [0, 0.1) is 6.92 Å². The van der Waals surface area contributed by atoms with Gasteiger partial charge in [0.05, 0.1) is 29.9 Å². The summed E-state index contributed by atoms with van der Waals surface area (Å²) < 4.78 is 8.16. The largest absolute Gasteiger partial charge is 0.494 e. The van der Waals surface area contributed by atoms with Gasteiger partial charge in [0.2, 0.25) is 11.9 Å². The van der Waals surface area contributed by atoms with E-state index >= 15 is 0 Å². The molecule has 0 saturated carbocycles. The number of benzene rings is 2. The number of hydrogen-bond acceptors (Lipinski definition) is 8. The third-order valence-electron chi connectivity index (χ3n) is 7.99. The first-order valence-corrected chi connectivity index (χ1v) is 15.8. The molecule has 9 nitrogen and oxygen atoms in total. The van der Waals surface area contributed by atoms with E-state index in [-0.39, 0.29) is 11.9 Å². The van der Waals surface area contributed by atoms with Crippen LogP contribution in [0.25, 0.3) is 16.6 Å². The second kappa shape index (κ2) is 13.2. The lowest BCUT2D eigenvalue weighted by Crippen LogP contribution is -2.35. The molecule has 10 heteroatoms. The molecule has 3 aromatic rings. The van der Waals surface area contributed by atoms with Crippen LogP contribution in [-0.2, 0) is 18.3 Å². The first-order chi connectivity index (χ1) is 21.1. The van der Waals surface area contributed by atoms with Gasteiger partial charge in [0.25, 0.3) is 0 Å². The highest BCUT2D eigenvalue weighted by Gasteiger charge is 2.29. The Morgan fingerprint density at radius 2 is 2.02 bits per heavy atom. The minimum atomic E-state index is -0.281. The number of likely N-dealkylation sites (N-methyl/N-ethyl adjacent to an activating group) is 2. The zero-order valence-electron chi connectivity index (χ0n) is 26.7. The summed E-state index contributed by atoms with van der Waals surface area (Å²) in [5.41, 5.74) is 7.87. The number of fused-ring (bicyclic) bond motifs is 2. The molecule has 2 aliphatic rings. The van der Waals surface area contributed by atoms with Crippen molar-refractivity contribution in [3.8, 4) is 5.75 Å². The van der Waals surface area contributed by atoms with Gasteiger partial charge in [-0.25, -0.2) is 4.99 Å². The summed E-state index contributed by atoms with van der Waals surface area (Å²) in [6.07, 6.45) is 7.77. The van der Waals surface area contributed by atoms with Gasteiger partial charge in [-0.1, -0.05) is 43.8 Å². The van der Waals surface area contributed by atoms with Crippen molar-refractivity contribution in [3.63, 3.8) is 0 Å². The van der Waals surface area contributed by atoms with Crippen molar-refractivity contribution in [2.75, 3.05) is 56.9 Å². The highest BCUT2D eigenvalue weighted by atomic mass is 32.2. The average Bonchev–Trinajstić information content (AvgIpc) is 3.60. The molecular weight excluding hydrogens is 570 g/mol. The molecule has 2 aromatic carbocycles. The second-order valence-electron chi connectivity index (χ2n) is 11.5. The molecule has 0 aliphatic carbocycles. The normalized spacial score (nSPS) is 15.7. The molecule has 1 amide bonds. The average molecular weight is 614 g/mol. The molecule has 1 atom stereocenters. The highest BCUT2D eigenvalue weighted by Crippen LogP contribution is 2.43. The Morgan fingerprint density at radius 3 is 2.73 bits per heavy atom. The van der Waals surface area contributed by atoms with Gasteiger partial charge in [-0.15, -0.1) is 0 Å². The summed E-state index contributed by atoms with van der Waals surface area (Å²) >= 11 is 1.70. The zero-order chi connectivity index (χ0) is 31.5. The van der Waals surface area contributed by atoms with Gasteiger partial charge >= 0.3 is 0 Å². The topological polar surface area (TPSA) is 86.2 Å². The molecule has 0 saturated heterocycles. The second-order valence-corrected chi connectivity index (χ2v) is 12.5. The fourth-order valence-electron chi connectivity index (χ4n) is 5.85. The van der Waals surface area contributed by atoms with Crippen molar-refractivity contribution >= 4 is 57.3 Å². The Balaban J connectivity index is 1.53. The number of aromatic nitrogens is 1. The number of aliphatic imine (C=N–C) groups is 1. The molecule has 0 bridgehead atoms. The van der Waals surface area contributed by atoms with Gasteiger partial charge in [0.15, 0.2) is 0 Å². The maximum absolute atomic E-state index is 12.5. The van der Waals surface area contributed by atoms with E-state index in [1.54, 1.807) is 18.9 Å². The highest BCUT2D eigenvalue weighted by molar-refractivity contribution is 8.06. The maximum atomic E-state index is 12.5. The van der Waals surface area contributed by atoms with Crippen LogP contribution < -0.4 is 25.6 Å². The summed E-state index contributed by atoms with van der Waals surface area (Å²) in [6, 6.07) is 8.57. The van der Waals surface area contributed by atoms with Crippen molar-refractivity contribution in [3.05, 3.63) is 76.2 Å². The molecule has 1 aromatic heterocycles. The van der Waals surface area contributed by atoms with E-state index in [1.807, 2.05) is 34.1 Å². The minimum absolute atomic E-state index is 0.100. The number of carbonyl (C=O) groups is 1.